The van der Waals surface area contributed by atoms with Gasteiger partial charge in [-0.25, -0.2) is 4.57 Å². The SMILES string of the molecule is O=PO/N=C(/Nc1ccccc1)N1CCC2(CC1)OCCO2. The van der Waals surface area contributed by atoms with E-state index in [2.05, 4.69) is 15.1 Å². The predicted octanol–water partition coefficient (Wildman–Crippen LogP) is 2.43. The first-order valence-corrected chi connectivity index (χ1v) is 7.96. The lowest BCUT2D eigenvalue weighted by atomic mass is 10.0. The maximum Gasteiger partial charge on any atom is 0.419 e. The second-order valence-electron chi connectivity index (χ2n) is 5.16. The minimum atomic E-state index is -0.480. The Hall–Kier alpha value is -1.69. The fourth-order valence-corrected chi connectivity index (χ4v) is 2.82. The number of benzene rings is 1. The number of hydrogen-bond donors (Lipinski definition) is 1. The molecule has 7 nitrogen and oxygen atoms in total. The fraction of sp³-hybridized carbons (Fsp3) is 0.500. The van der Waals surface area contributed by atoms with Crippen LogP contribution in [-0.4, -0.2) is 42.9 Å². The summed E-state index contributed by atoms with van der Waals surface area (Å²) in [6.45, 7) is 2.75. The molecule has 0 aromatic heterocycles. The van der Waals surface area contributed by atoms with Gasteiger partial charge in [0.05, 0.1) is 13.2 Å². The van der Waals surface area contributed by atoms with E-state index in [-0.39, 0.29) is 0 Å². The zero-order chi connectivity index (χ0) is 15.3. The van der Waals surface area contributed by atoms with Crippen LogP contribution in [0.5, 0.6) is 0 Å². The minimum absolute atomic E-state index is 0.438. The lowest BCUT2D eigenvalue weighted by Crippen LogP contribution is -2.49. The number of nitrogens with zero attached hydrogens (tertiary/aromatic N) is 2. The lowest BCUT2D eigenvalue weighted by Gasteiger charge is -2.38. The number of guanidine groups is 1. The zero-order valence-corrected chi connectivity index (χ0v) is 13.0. The standard InChI is InChI=1S/C14H18N3O4P/c18-22-21-16-13(15-12-4-2-1-3-5-12)17-8-6-14(7-9-17)19-10-11-20-14/h1-5H,6-11H2,(H,15,16). The molecule has 0 aliphatic carbocycles. The maximum absolute atomic E-state index is 10.5. The summed E-state index contributed by atoms with van der Waals surface area (Å²) in [7, 11) is -0.480. The van der Waals surface area contributed by atoms with E-state index >= 15 is 0 Å². The van der Waals surface area contributed by atoms with Gasteiger partial charge in [-0.1, -0.05) is 18.2 Å². The van der Waals surface area contributed by atoms with Crippen molar-refractivity contribution < 1.29 is 18.7 Å². The molecule has 1 aromatic carbocycles. The first-order valence-electron chi connectivity index (χ1n) is 7.23. The molecule has 0 unspecified atom stereocenters. The molecule has 0 saturated carbocycles. The number of likely N-dealkylation sites (tertiary alicyclic amines) is 1. The van der Waals surface area contributed by atoms with Crippen LogP contribution in [0.3, 0.4) is 0 Å². The maximum atomic E-state index is 10.5. The summed E-state index contributed by atoms with van der Waals surface area (Å²) in [6.07, 6.45) is 1.52. The molecule has 0 atom stereocenters. The highest BCUT2D eigenvalue weighted by Crippen LogP contribution is 2.31. The number of piperidine rings is 1. The predicted molar refractivity (Wildman–Crippen MR) is 81.6 cm³/mol. The van der Waals surface area contributed by atoms with Crippen LogP contribution in [-0.2, 0) is 18.7 Å². The van der Waals surface area contributed by atoms with Gasteiger partial charge in [0.25, 0.3) is 0 Å². The van der Waals surface area contributed by atoms with Crippen molar-refractivity contribution in [3.63, 3.8) is 0 Å². The molecule has 2 aliphatic rings. The molecule has 3 rings (SSSR count). The van der Waals surface area contributed by atoms with Crippen LogP contribution in [0.4, 0.5) is 5.69 Å². The van der Waals surface area contributed by atoms with E-state index in [0.717, 1.165) is 31.6 Å². The molecule has 8 heteroatoms. The Kier molecular flexibility index (Phi) is 4.87. The van der Waals surface area contributed by atoms with Crippen LogP contribution in [0.2, 0.25) is 0 Å². The van der Waals surface area contributed by atoms with E-state index in [1.54, 1.807) is 0 Å². The molecule has 0 amide bonds. The van der Waals surface area contributed by atoms with Crippen molar-refractivity contribution in [1.82, 2.24) is 4.90 Å². The molecular formula is C14H18N3O4P. The highest BCUT2D eigenvalue weighted by molar-refractivity contribution is 7.17. The third-order valence-corrected chi connectivity index (χ3v) is 3.98. The molecule has 0 bridgehead atoms. The van der Waals surface area contributed by atoms with Gasteiger partial charge in [0.15, 0.2) is 5.79 Å². The van der Waals surface area contributed by atoms with Crippen molar-refractivity contribution >= 4 is 20.3 Å². The smallest absolute Gasteiger partial charge is 0.347 e. The summed E-state index contributed by atoms with van der Waals surface area (Å²) in [6, 6.07) is 9.66. The van der Waals surface area contributed by atoms with E-state index in [1.807, 2.05) is 35.2 Å². The average Bonchev–Trinajstić information content (AvgIpc) is 3.01. The Balaban J connectivity index is 1.66. The summed E-state index contributed by atoms with van der Waals surface area (Å²) in [5.41, 5.74) is 0.890. The second kappa shape index (κ2) is 7.05. The number of ether oxygens (including phenoxy) is 2. The number of oxime groups is 1. The number of hydrogen-bond acceptors (Lipinski definition) is 5. The average molecular weight is 323 g/mol. The van der Waals surface area contributed by atoms with Crippen molar-refractivity contribution in [3.8, 4) is 0 Å². The van der Waals surface area contributed by atoms with Crippen molar-refractivity contribution in [2.24, 2.45) is 5.16 Å². The molecule has 2 saturated heterocycles. The van der Waals surface area contributed by atoms with Crippen molar-refractivity contribution in [3.05, 3.63) is 30.3 Å². The Morgan fingerprint density at radius 1 is 1.23 bits per heavy atom. The summed E-state index contributed by atoms with van der Waals surface area (Å²) < 4.78 is 26.6. The van der Waals surface area contributed by atoms with Gasteiger partial charge in [-0.05, 0) is 17.3 Å². The van der Waals surface area contributed by atoms with E-state index in [1.165, 1.54) is 0 Å². The molecule has 1 spiro atoms. The first kappa shape index (κ1) is 15.2. The molecule has 118 valence electrons. The molecule has 0 radical (unpaired) electrons. The quantitative estimate of drug-likeness (QED) is 0.399. The monoisotopic (exact) mass is 323 g/mol. The van der Waals surface area contributed by atoms with Crippen LogP contribution in [0.25, 0.3) is 0 Å². The minimum Gasteiger partial charge on any atom is -0.347 e. The largest absolute Gasteiger partial charge is 0.419 e. The van der Waals surface area contributed by atoms with E-state index < -0.39 is 14.5 Å². The van der Waals surface area contributed by atoms with Crippen LogP contribution in [0.15, 0.2) is 35.5 Å². The van der Waals surface area contributed by atoms with E-state index in [9.17, 15) is 4.57 Å². The molecule has 1 aromatic rings. The van der Waals surface area contributed by atoms with Gasteiger partial charge in [0, 0.05) is 31.6 Å². The summed E-state index contributed by atoms with van der Waals surface area (Å²) in [4.78, 5) is 2.04. The first-order chi connectivity index (χ1) is 10.8. The number of para-hydroxylation sites is 1. The Morgan fingerprint density at radius 2 is 1.91 bits per heavy atom. The highest BCUT2D eigenvalue weighted by atomic mass is 31.1. The number of anilines is 1. The van der Waals surface area contributed by atoms with Gasteiger partial charge >= 0.3 is 8.69 Å². The van der Waals surface area contributed by atoms with Gasteiger partial charge in [0.2, 0.25) is 5.96 Å². The van der Waals surface area contributed by atoms with Crippen LogP contribution in [0.1, 0.15) is 12.8 Å². The Morgan fingerprint density at radius 3 is 2.55 bits per heavy atom. The molecule has 2 fully saturated rings. The molecular weight excluding hydrogens is 305 g/mol. The summed E-state index contributed by atoms with van der Waals surface area (Å²) in [5, 5.41) is 7.09. The van der Waals surface area contributed by atoms with Crippen molar-refractivity contribution in [1.29, 1.82) is 0 Å². The fourth-order valence-electron chi connectivity index (χ4n) is 2.71. The highest BCUT2D eigenvalue weighted by Gasteiger charge is 2.40. The van der Waals surface area contributed by atoms with Gasteiger partial charge in [0.1, 0.15) is 0 Å². The number of rotatable bonds is 3. The Labute approximate surface area is 130 Å². The third-order valence-electron chi connectivity index (χ3n) is 3.83. The topological polar surface area (TPSA) is 72.4 Å². The number of nitrogens with one attached hydrogen (secondary N) is 1. The molecule has 2 aliphatic heterocycles. The molecule has 2 heterocycles. The van der Waals surface area contributed by atoms with Crippen molar-refractivity contribution in [2.75, 3.05) is 31.6 Å². The second-order valence-corrected chi connectivity index (χ2v) is 5.47. The summed E-state index contributed by atoms with van der Waals surface area (Å²) >= 11 is 0. The summed E-state index contributed by atoms with van der Waals surface area (Å²) in [5.74, 6) is 0.0915. The van der Waals surface area contributed by atoms with Crippen LogP contribution in [0, 0.1) is 0 Å². The van der Waals surface area contributed by atoms with Crippen LogP contribution >= 0.6 is 8.69 Å². The normalized spacial score (nSPS) is 21.3. The van der Waals surface area contributed by atoms with Crippen molar-refractivity contribution in [2.45, 2.75) is 18.6 Å². The van der Waals surface area contributed by atoms with Gasteiger partial charge < -0.3 is 19.7 Å². The lowest BCUT2D eigenvalue weighted by molar-refractivity contribution is -0.180. The van der Waals surface area contributed by atoms with E-state index in [0.29, 0.717) is 19.2 Å². The van der Waals surface area contributed by atoms with Gasteiger partial charge in [-0.2, -0.15) is 0 Å². The third kappa shape index (κ3) is 3.55. The molecule has 1 N–H and O–H groups in total. The van der Waals surface area contributed by atoms with Gasteiger partial charge in [-0.3, -0.25) is 4.62 Å². The zero-order valence-electron chi connectivity index (χ0n) is 12.1. The van der Waals surface area contributed by atoms with Gasteiger partial charge in [-0.15, -0.1) is 0 Å². The van der Waals surface area contributed by atoms with E-state index in [4.69, 9.17) is 9.47 Å². The Bertz CT molecular complexity index is 524. The molecule has 22 heavy (non-hydrogen) atoms. The van der Waals surface area contributed by atoms with Crippen LogP contribution < -0.4 is 5.32 Å².